The molecule has 2 rings (SSSR count). The fourth-order valence-corrected chi connectivity index (χ4v) is 1.64. The molecule has 1 aromatic rings. The van der Waals surface area contributed by atoms with E-state index >= 15 is 0 Å². The van der Waals surface area contributed by atoms with E-state index in [1.807, 2.05) is 19.1 Å². The van der Waals surface area contributed by atoms with Crippen molar-refractivity contribution >= 4 is 5.78 Å². The highest BCUT2D eigenvalue weighted by atomic mass is 16.3. The topological polar surface area (TPSA) is 42.2 Å². The summed E-state index contributed by atoms with van der Waals surface area (Å²) < 4.78 is 5.40. The van der Waals surface area contributed by atoms with Crippen molar-refractivity contribution < 1.29 is 9.21 Å². The smallest absolute Gasteiger partial charge is 0.151 e. The first-order chi connectivity index (χ1) is 6.25. The number of carbonyl (C=O) groups is 1. The van der Waals surface area contributed by atoms with Gasteiger partial charge in [0.05, 0.1) is 6.04 Å². The zero-order valence-electron chi connectivity index (χ0n) is 7.67. The lowest BCUT2D eigenvalue weighted by molar-refractivity contribution is -0.118. The molecule has 0 aromatic carbocycles. The molecule has 70 valence electrons. The van der Waals surface area contributed by atoms with E-state index in [1.165, 1.54) is 0 Å². The van der Waals surface area contributed by atoms with Crippen molar-refractivity contribution in [1.29, 1.82) is 0 Å². The lowest BCUT2D eigenvalue weighted by Gasteiger charge is -2.05. The SMILES string of the molecule is Cc1ccc(CC2NCCC2=O)o1. The summed E-state index contributed by atoms with van der Waals surface area (Å²) in [7, 11) is 0. The van der Waals surface area contributed by atoms with Crippen LogP contribution in [0, 0.1) is 6.92 Å². The molecule has 0 aliphatic carbocycles. The molecule has 0 amide bonds. The van der Waals surface area contributed by atoms with Crippen LogP contribution in [0.25, 0.3) is 0 Å². The highest BCUT2D eigenvalue weighted by Gasteiger charge is 2.24. The molecule has 1 aromatic heterocycles. The van der Waals surface area contributed by atoms with Crippen molar-refractivity contribution in [2.24, 2.45) is 0 Å². The standard InChI is InChI=1S/C10H13NO2/c1-7-2-3-8(13-7)6-9-10(12)4-5-11-9/h2-3,9,11H,4-6H2,1H3. The Morgan fingerprint density at radius 3 is 3.00 bits per heavy atom. The fraction of sp³-hybridized carbons (Fsp3) is 0.500. The van der Waals surface area contributed by atoms with Gasteiger partial charge in [0, 0.05) is 19.4 Å². The molecule has 1 fully saturated rings. The Balaban J connectivity index is 2.01. The number of furan rings is 1. The van der Waals surface area contributed by atoms with Crippen LogP contribution in [0.15, 0.2) is 16.5 Å². The van der Waals surface area contributed by atoms with Crippen molar-refractivity contribution in [2.45, 2.75) is 25.8 Å². The van der Waals surface area contributed by atoms with E-state index in [1.54, 1.807) is 0 Å². The van der Waals surface area contributed by atoms with Gasteiger partial charge in [-0.1, -0.05) is 0 Å². The minimum Gasteiger partial charge on any atom is -0.466 e. The highest BCUT2D eigenvalue weighted by molar-refractivity contribution is 5.86. The second-order valence-corrected chi connectivity index (χ2v) is 3.44. The van der Waals surface area contributed by atoms with Crippen molar-refractivity contribution in [2.75, 3.05) is 6.54 Å². The van der Waals surface area contributed by atoms with Crippen LogP contribution in [0.3, 0.4) is 0 Å². The third-order valence-electron chi connectivity index (χ3n) is 2.35. The number of nitrogens with one attached hydrogen (secondary N) is 1. The molecule has 1 atom stereocenters. The first-order valence-corrected chi connectivity index (χ1v) is 4.57. The van der Waals surface area contributed by atoms with Gasteiger partial charge >= 0.3 is 0 Å². The van der Waals surface area contributed by atoms with Crippen molar-refractivity contribution in [3.05, 3.63) is 23.7 Å². The van der Waals surface area contributed by atoms with E-state index in [9.17, 15) is 4.79 Å². The summed E-state index contributed by atoms with van der Waals surface area (Å²) in [6.07, 6.45) is 1.34. The molecular weight excluding hydrogens is 166 g/mol. The van der Waals surface area contributed by atoms with Gasteiger partial charge in [-0.25, -0.2) is 0 Å². The molecule has 1 unspecified atom stereocenters. The van der Waals surface area contributed by atoms with Crippen LogP contribution in [-0.4, -0.2) is 18.4 Å². The molecule has 0 radical (unpaired) electrons. The third-order valence-corrected chi connectivity index (χ3v) is 2.35. The van der Waals surface area contributed by atoms with Crippen molar-refractivity contribution in [3.8, 4) is 0 Å². The van der Waals surface area contributed by atoms with Crippen LogP contribution in [0.2, 0.25) is 0 Å². The minimum atomic E-state index is -0.0226. The van der Waals surface area contributed by atoms with E-state index in [2.05, 4.69) is 5.32 Å². The van der Waals surface area contributed by atoms with Gasteiger partial charge in [-0.15, -0.1) is 0 Å². The Bertz CT molecular complexity index is 316. The van der Waals surface area contributed by atoms with E-state index in [4.69, 9.17) is 4.42 Å². The first kappa shape index (κ1) is 8.51. The number of hydrogen-bond donors (Lipinski definition) is 1. The zero-order valence-corrected chi connectivity index (χ0v) is 7.67. The monoisotopic (exact) mass is 179 g/mol. The maximum atomic E-state index is 11.3. The molecule has 13 heavy (non-hydrogen) atoms. The molecule has 1 aliphatic rings. The quantitative estimate of drug-likeness (QED) is 0.738. The van der Waals surface area contributed by atoms with Gasteiger partial charge in [0.2, 0.25) is 0 Å². The highest BCUT2D eigenvalue weighted by Crippen LogP contribution is 2.12. The van der Waals surface area contributed by atoms with Gasteiger partial charge in [0.1, 0.15) is 11.5 Å². The Labute approximate surface area is 77.1 Å². The van der Waals surface area contributed by atoms with Gasteiger partial charge in [0.25, 0.3) is 0 Å². The average Bonchev–Trinajstić information content (AvgIpc) is 2.64. The average molecular weight is 179 g/mol. The molecule has 1 saturated heterocycles. The van der Waals surface area contributed by atoms with Gasteiger partial charge in [0.15, 0.2) is 5.78 Å². The lowest BCUT2D eigenvalue weighted by atomic mass is 10.1. The molecule has 0 spiro atoms. The molecule has 2 heterocycles. The van der Waals surface area contributed by atoms with E-state index < -0.39 is 0 Å². The summed E-state index contributed by atoms with van der Waals surface area (Å²) in [5, 5.41) is 3.15. The summed E-state index contributed by atoms with van der Waals surface area (Å²) >= 11 is 0. The summed E-state index contributed by atoms with van der Waals surface area (Å²) in [4.78, 5) is 11.3. The Hall–Kier alpha value is -1.09. The number of hydrogen-bond acceptors (Lipinski definition) is 3. The van der Waals surface area contributed by atoms with Crippen molar-refractivity contribution in [1.82, 2.24) is 5.32 Å². The Morgan fingerprint density at radius 1 is 1.62 bits per heavy atom. The number of aryl methyl sites for hydroxylation is 1. The zero-order chi connectivity index (χ0) is 9.26. The fourth-order valence-electron chi connectivity index (χ4n) is 1.64. The van der Waals surface area contributed by atoms with E-state index in [0.717, 1.165) is 18.1 Å². The summed E-state index contributed by atoms with van der Waals surface area (Å²) in [5.74, 6) is 2.10. The first-order valence-electron chi connectivity index (χ1n) is 4.57. The molecule has 0 saturated carbocycles. The van der Waals surface area contributed by atoms with Gasteiger partial charge in [-0.3, -0.25) is 4.79 Å². The molecule has 0 bridgehead atoms. The second kappa shape index (κ2) is 3.34. The van der Waals surface area contributed by atoms with Crippen LogP contribution in [-0.2, 0) is 11.2 Å². The molecule has 1 N–H and O–H groups in total. The third kappa shape index (κ3) is 1.80. The maximum absolute atomic E-state index is 11.3. The number of ketones is 1. The van der Waals surface area contributed by atoms with Crippen LogP contribution in [0.5, 0.6) is 0 Å². The predicted octanol–water partition coefficient (Wildman–Crippen LogP) is 1.06. The normalized spacial score (nSPS) is 22.5. The second-order valence-electron chi connectivity index (χ2n) is 3.44. The molecule has 3 heteroatoms. The lowest BCUT2D eigenvalue weighted by Crippen LogP contribution is -2.29. The largest absolute Gasteiger partial charge is 0.466 e. The Morgan fingerprint density at radius 2 is 2.46 bits per heavy atom. The summed E-state index contributed by atoms with van der Waals surface area (Å²) in [6, 6.07) is 3.84. The van der Waals surface area contributed by atoms with Gasteiger partial charge in [-0.2, -0.15) is 0 Å². The van der Waals surface area contributed by atoms with Crippen LogP contribution >= 0.6 is 0 Å². The number of carbonyl (C=O) groups excluding carboxylic acids is 1. The van der Waals surface area contributed by atoms with Crippen LogP contribution in [0.1, 0.15) is 17.9 Å². The predicted molar refractivity (Wildman–Crippen MR) is 48.6 cm³/mol. The summed E-state index contributed by atoms with van der Waals surface area (Å²) in [6.45, 7) is 2.72. The molecular formula is C10H13NO2. The van der Waals surface area contributed by atoms with Crippen LogP contribution < -0.4 is 5.32 Å². The minimum absolute atomic E-state index is 0.0226. The van der Waals surface area contributed by atoms with Gasteiger partial charge < -0.3 is 9.73 Å². The number of rotatable bonds is 2. The molecule has 1 aliphatic heterocycles. The maximum Gasteiger partial charge on any atom is 0.151 e. The Kier molecular flexibility index (Phi) is 2.19. The van der Waals surface area contributed by atoms with E-state index in [-0.39, 0.29) is 6.04 Å². The van der Waals surface area contributed by atoms with Gasteiger partial charge in [-0.05, 0) is 19.1 Å². The van der Waals surface area contributed by atoms with Crippen LogP contribution in [0.4, 0.5) is 0 Å². The number of Topliss-reactive ketones (excluding diaryl/α,β-unsaturated/α-hetero) is 1. The molecule has 3 nitrogen and oxygen atoms in total. The van der Waals surface area contributed by atoms with Crippen molar-refractivity contribution in [3.63, 3.8) is 0 Å². The summed E-state index contributed by atoms with van der Waals surface area (Å²) in [5.41, 5.74) is 0. The van der Waals surface area contributed by atoms with E-state index in [0.29, 0.717) is 18.6 Å².